The molecule has 5 nitrogen and oxygen atoms in total. The van der Waals surface area contributed by atoms with Gasteiger partial charge in [0.05, 0.1) is 6.61 Å². The summed E-state index contributed by atoms with van der Waals surface area (Å²) in [6.45, 7) is 5.11. The second-order valence-corrected chi connectivity index (χ2v) is 7.20. The molecule has 1 amide bonds. The number of fused-ring (bicyclic) bond motifs is 1. The van der Waals surface area contributed by atoms with Crippen LogP contribution in [0.25, 0.3) is 0 Å². The van der Waals surface area contributed by atoms with Gasteiger partial charge in [-0.1, -0.05) is 6.07 Å². The fraction of sp³-hybridized carbons (Fsp3) is 0.381. The summed E-state index contributed by atoms with van der Waals surface area (Å²) in [6, 6.07) is 7.51. The lowest BCUT2D eigenvalue weighted by molar-refractivity contribution is -0.0178. The molecule has 0 radical (unpaired) electrons. The number of carbonyl (C=O) groups is 1. The quantitative estimate of drug-likeness (QED) is 0.811. The van der Waals surface area contributed by atoms with Crippen LogP contribution in [0.5, 0.6) is 5.75 Å². The van der Waals surface area contributed by atoms with Crippen molar-refractivity contribution in [2.45, 2.75) is 20.1 Å². The number of benzene rings is 2. The van der Waals surface area contributed by atoms with Crippen molar-refractivity contribution >= 4 is 5.91 Å². The lowest BCUT2D eigenvalue weighted by atomic mass is 10.1. The van der Waals surface area contributed by atoms with Crippen LogP contribution in [-0.2, 0) is 17.9 Å². The van der Waals surface area contributed by atoms with Gasteiger partial charge in [0.2, 0.25) is 0 Å². The number of hydrogen-bond donors (Lipinski definition) is 0. The topological polar surface area (TPSA) is 42.0 Å². The maximum atomic E-state index is 13.9. The first-order chi connectivity index (χ1) is 13.5. The summed E-state index contributed by atoms with van der Waals surface area (Å²) >= 11 is 0. The van der Waals surface area contributed by atoms with Gasteiger partial charge in [0.15, 0.2) is 6.79 Å². The minimum absolute atomic E-state index is 0.165. The highest BCUT2D eigenvalue weighted by atomic mass is 19.1. The van der Waals surface area contributed by atoms with E-state index in [1.807, 2.05) is 0 Å². The highest BCUT2D eigenvalue weighted by molar-refractivity contribution is 5.94. The minimum atomic E-state index is -0.371. The lowest BCUT2D eigenvalue weighted by Gasteiger charge is -2.35. The van der Waals surface area contributed by atoms with Gasteiger partial charge in [-0.3, -0.25) is 9.69 Å². The van der Waals surface area contributed by atoms with Gasteiger partial charge < -0.3 is 14.4 Å². The number of carbonyl (C=O) groups excluding carboxylic acids is 1. The Morgan fingerprint density at radius 3 is 2.64 bits per heavy atom. The normalized spacial score (nSPS) is 17.2. The zero-order chi connectivity index (χ0) is 19.7. The number of halogens is 2. The molecular formula is C21H22F2N2O3. The number of hydrogen-bond acceptors (Lipinski definition) is 4. The molecule has 7 heteroatoms. The third-order valence-electron chi connectivity index (χ3n) is 5.22. The molecule has 2 heterocycles. The fourth-order valence-corrected chi connectivity index (χ4v) is 3.63. The monoisotopic (exact) mass is 388 g/mol. The first-order valence-corrected chi connectivity index (χ1v) is 9.31. The largest absolute Gasteiger partial charge is 0.467 e. The summed E-state index contributed by atoms with van der Waals surface area (Å²) in [7, 11) is 0. The Kier molecular flexibility index (Phi) is 5.28. The van der Waals surface area contributed by atoms with Crippen molar-refractivity contribution in [2.75, 3.05) is 33.0 Å². The molecular weight excluding hydrogens is 366 g/mol. The summed E-state index contributed by atoms with van der Waals surface area (Å²) in [5, 5.41) is 0. The molecule has 2 aromatic carbocycles. The fourth-order valence-electron chi connectivity index (χ4n) is 3.63. The summed E-state index contributed by atoms with van der Waals surface area (Å²) < 4.78 is 38.5. The van der Waals surface area contributed by atoms with E-state index in [1.54, 1.807) is 24.0 Å². The molecule has 148 valence electrons. The van der Waals surface area contributed by atoms with Gasteiger partial charge >= 0.3 is 0 Å². The van der Waals surface area contributed by atoms with Crippen LogP contribution in [0.2, 0.25) is 0 Å². The lowest BCUT2D eigenvalue weighted by Crippen LogP contribution is -2.48. The number of nitrogens with zero attached hydrogens (tertiary/aromatic N) is 2. The van der Waals surface area contributed by atoms with Gasteiger partial charge in [-0.15, -0.1) is 0 Å². The molecule has 1 fully saturated rings. The zero-order valence-electron chi connectivity index (χ0n) is 15.7. The van der Waals surface area contributed by atoms with E-state index in [4.69, 9.17) is 9.47 Å². The van der Waals surface area contributed by atoms with E-state index >= 15 is 0 Å². The Morgan fingerprint density at radius 1 is 1.11 bits per heavy atom. The molecule has 2 aliphatic heterocycles. The van der Waals surface area contributed by atoms with Crippen molar-refractivity contribution in [3.05, 3.63) is 64.2 Å². The molecule has 1 saturated heterocycles. The maximum Gasteiger partial charge on any atom is 0.254 e. The number of ether oxygens (including phenoxy) is 2. The molecule has 2 aromatic rings. The molecule has 28 heavy (non-hydrogen) atoms. The van der Waals surface area contributed by atoms with Crippen LogP contribution in [-0.4, -0.2) is 48.7 Å². The van der Waals surface area contributed by atoms with Crippen LogP contribution in [0.15, 0.2) is 30.3 Å². The van der Waals surface area contributed by atoms with Crippen LogP contribution in [0.3, 0.4) is 0 Å². The summed E-state index contributed by atoms with van der Waals surface area (Å²) in [5.41, 5.74) is 2.40. The first-order valence-electron chi connectivity index (χ1n) is 9.31. The highest BCUT2D eigenvalue weighted by Gasteiger charge is 2.25. The third-order valence-corrected chi connectivity index (χ3v) is 5.22. The molecule has 4 rings (SSSR count). The van der Waals surface area contributed by atoms with Gasteiger partial charge in [-0.2, -0.15) is 0 Å². The van der Waals surface area contributed by atoms with Gasteiger partial charge in [0.25, 0.3) is 5.91 Å². The van der Waals surface area contributed by atoms with E-state index in [0.717, 1.165) is 11.1 Å². The van der Waals surface area contributed by atoms with Gasteiger partial charge in [-0.05, 0) is 36.8 Å². The number of rotatable bonds is 3. The Balaban J connectivity index is 1.40. The predicted octanol–water partition coefficient (Wildman–Crippen LogP) is 3.10. The maximum absolute atomic E-state index is 13.9. The van der Waals surface area contributed by atoms with Gasteiger partial charge in [0, 0.05) is 49.4 Å². The molecule has 0 unspecified atom stereocenters. The molecule has 0 N–H and O–H groups in total. The third kappa shape index (κ3) is 3.86. The average molecular weight is 388 g/mol. The number of amides is 1. The van der Waals surface area contributed by atoms with Crippen LogP contribution in [0.4, 0.5) is 8.78 Å². The van der Waals surface area contributed by atoms with Crippen LogP contribution in [0, 0.1) is 18.6 Å². The van der Waals surface area contributed by atoms with Crippen LogP contribution in [0.1, 0.15) is 27.0 Å². The second-order valence-electron chi connectivity index (χ2n) is 7.20. The molecule has 2 aliphatic rings. The standard InChI is InChI=1S/C21H22F2N2O3/c1-14-2-3-15(10-19(14)23)21(26)25-6-4-24(5-7-25)11-16-8-18(22)9-17-12-27-13-28-20(16)17/h2-3,8-10H,4-7,11-13H2,1H3. The van der Waals surface area contributed by atoms with Crippen molar-refractivity contribution in [2.24, 2.45) is 0 Å². The molecule has 0 saturated carbocycles. The highest BCUT2D eigenvalue weighted by Crippen LogP contribution is 2.30. The minimum Gasteiger partial charge on any atom is -0.467 e. The Morgan fingerprint density at radius 2 is 1.89 bits per heavy atom. The average Bonchev–Trinajstić information content (AvgIpc) is 2.70. The van der Waals surface area contributed by atoms with Crippen molar-refractivity contribution in [3.63, 3.8) is 0 Å². The van der Waals surface area contributed by atoms with Crippen LogP contribution < -0.4 is 4.74 Å². The predicted molar refractivity (Wildman–Crippen MR) is 99.0 cm³/mol. The van der Waals surface area contributed by atoms with E-state index in [9.17, 15) is 13.6 Å². The van der Waals surface area contributed by atoms with Crippen molar-refractivity contribution in [1.82, 2.24) is 9.80 Å². The van der Waals surface area contributed by atoms with E-state index in [-0.39, 0.29) is 24.3 Å². The molecule has 0 spiro atoms. The molecule has 0 atom stereocenters. The van der Waals surface area contributed by atoms with E-state index in [2.05, 4.69) is 4.90 Å². The summed E-state index contributed by atoms with van der Waals surface area (Å²) in [4.78, 5) is 16.5. The summed E-state index contributed by atoms with van der Waals surface area (Å²) in [6.07, 6.45) is 0. The number of aryl methyl sites for hydroxylation is 1. The summed E-state index contributed by atoms with van der Waals surface area (Å²) in [5.74, 6) is -0.147. The SMILES string of the molecule is Cc1ccc(C(=O)N2CCN(Cc3cc(F)cc4c3OCOC4)CC2)cc1F. The van der Waals surface area contributed by atoms with E-state index in [0.29, 0.717) is 56.2 Å². The number of piperazine rings is 1. The first kappa shape index (κ1) is 18.8. The smallest absolute Gasteiger partial charge is 0.254 e. The van der Waals surface area contributed by atoms with Crippen LogP contribution >= 0.6 is 0 Å². The van der Waals surface area contributed by atoms with Gasteiger partial charge in [-0.25, -0.2) is 8.78 Å². The molecule has 0 bridgehead atoms. The second kappa shape index (κ2) is 7.85. The Bertz CT molecular complexity index is 895. The Hall–Kier alpha value is -2.51. The van der Waals surface area contributed by atoms with Crippen molar-refractivity contribution in [3.8, 4) is 5.75 Å². The van der Waals surface area contributed by atoms with Gasteiger partial charge in [0.1, 0.15) is 17.4 Å². The van der Waals surface area contributed by atoms with E-state index in [1.165, 1.54) is 18.2 Å². The Labute approximate surface area is 162 Å². The zero-order valence-corrected chi connectivity index (χ0v) is 15.7. The van der Waals surface area contributed by atoms with E-state index < -0.39 is 0 Å². The molecule has 0 aliphatic carbocycles. The van der Waals surface area contributed by atoms with Crippen molar-refractivity contribution in [1.29, 1.82) is 0 Å². The van der Waals surface area contributed by atoms with Crippen molar-refractivity contribution < 1.29 is 23.0 Å². The molecule has 0 aromatic heterocycles.